The van der Waals surface area contributed by atoms with E-state index in [4.69, 9.17) is 10.8 Å². The summed E-state index contributed by atoms with van der Waals surface area (Å²) in [5, 5.41) is 8.94. The highest BCUT2D eigenvalue weighted by Gasteiger charge is 2.24. The summed E-state index contributed by atoms with van der Waals surface area (Å²) in [6, 6.07) is 0.633. The lowest BCUT2D eigenvalue weighted by Crippen LogP contribution is -2.43. The van der Waals surface area contributed by atoms with Gasteiger partial charge in [0.1, 0.15) is 0 Å². The number of carbonyl (C=O) groups excluding carboxylic acids is 1. The Hall–Kier alpha value is -0.650. The minimum atomic E-state index is 0.196. The molecule has 0 atom stereocenters. The molecule has 0 aromatic heterocycles. The Kier molecular flexibility index (Phi) is 8.02. The van der Waals surface area contributed by atoms with Crippen molar-refractivity contribution in [3.63, 3.8) is 0 Å². The molecular weight excluding hydrogens is 242 g/mol. The first-order chi connectivity index (χ1) is 9.19. The smallest absolute Gasteiger partial charge is 0.223 e. The van der Waals surface area contributed by atoms with E-state index in [2.05, 4.69) is 4.90 Å². The topological polar surface area (TPSA) is 69.8 Å². The van der Waals surface area contributed by atoms with Crippen molar-refractivity contribution in [1.82, 2.24) is 9.80 Å². The molecule has 1 saturated carbocycles. The van der Waals surface area contributed by atoms with Crippen molar-refractivity contribution >= 4 is 5.91 Å². The number of nitrogens with zero attached hydrogens (tertiary/aromatic N) is 2. The van der Waals surface area contributed by atoms with Crippen molar-refractivity contribution in [2.75, 3.05) is 39.8 Å². The van der Waals surface area contributed by atoms with Crippen LogP contribution in [0.15, 0.2) is 0 Å². The number of carbonyl (C=O) groups is 1. The second kappa shape index (κ2) is 9.28. The molecule has 3 N–H and O–H groups in total. The fourth-order valence-corrected chi connectivity index (χ4v) is 2.39. The SMILES string of the molecule is CN(CCCN)C(=O)CCN(CCCO)C1CCC1. The maximum Gasteiger partial charge on any atom is 0.223 e. The van der Waals surface area contributed by atoms with Gasteiger partial charge in [-0.25, -0.2) is 0 Å². The first-order valence-corrected chi connectivity index (χ1v) is 7.48. The summed E-state index contributed by atoms with van der Waals surface area (Å²) in [7, 11) is 1.85. The predicted octanol–water partition coefficient (Wildman–Crippen LogP) is 0.421. The molecule has 19 heavy (non-hydrogen) atoms. The van der Waals surface area contributed by atoms with Gasteiger partial charge in [0.05, 0.1) is 0 Å². The van der Waals surface area contributed by atoms with Crippen LogP contribution in [-0.2, 0) is 4.79 Å². The van der Waals surface area contributed by atoms with Gasteiger partial charge in [-0.2, -0.15) is 0 Å². The van der Waals surface area contributed by atoms with Gasteiger partial charge < -0.3 is 15.7 Å². The predicted molar refractivity (Wildman–Crippen MR) is 76.8 cm³/mol. The van der Waals surface area contributed by atoms with Crippen molar-refractivity contribution in [3.05, 3.63) is 0 Å². The van der Waals surface area contributed by atoms with Crippen molar-refractivity contribution in [1.29, 1.82) is 0 Å². The summed E-state index contributed by atoms with van der Waals surface area (Å²) >= 11 is 0. The largest absolute Gasteiger partial charge is 0.396 e. The van der Waals surface area contributed by atoms with Crippen LogP contribution in [0, 0.1) is 0 Å². The third-order valence-electron chi connectivity index (χ3n) is 3.93. The lowest BCUT2D eigenvalue weighted by molar-refractivity contribution is -0.130. The molecule has 0 spiro atoms. The van der Waals surface area contributed by atoms with E-state index in [1.807, 2.05) is 7.05 Å². The molecule has 0 aromatic carbocycles. The lowest BCUT2D eigenvalue weighted by atomic mass is 9.91. The second-order valence-electron chi connectivity index (χ2n) is 5.41. The molecule has 0 unspecified atom stereocenters. The van der Waals surface area contributed by atoms with Gasteiger partial charge >= 0.3 is 0 Å². The number of nitrogens with two attached hydrogens (primary N) is 1. The number of amides is 1. The van der Waals surface area contributed by atoms with Gasteiger partial charge in [-0.15, -0.1) is 0 Å². The monoisotopic (exact) mass is 271 g/mol. The molecule has 5 nitrogen and oxygen atoms in total. The molecule has 0 aliphatic heterocycles. The molecule has 1 amide bonds. The second-order valence-corrected chi connectivity index (χ2v) is 5.41. The Labute approximate surface area is 116 Å². The van der Waals surface area contributed by atoms with Crippen LogP contribution < -0.4 is 5.73 Å². The van der Waals surface area contributed by atoms with Crippen molar-refractivity contribution < 1.29 is 9.90 Å². The summed E-state index contributed by atoms with van der Waals surface area (Å²) in [5.41, 5.74) is 5.45. The molecule has 1 fully saturated rings. The number of rotatable bonds is 10. The van der Waals surface area contributed by atoms with Gasteiger partial charge in [-0.05, 0) is 32.2 Å². The Morgan fingerprint density at radius 2 is 2.00 bits per heavy atom. The zero-order valence-electron chi connectivity index (χ0n) is 12.2. The van der Waals surface area contributed by atoms with E-state index < -0.39 is 0 Å². The van der Waals surface area contributed by atoms with E-state index in [1.165, 1.54) is 19.3 Å². The molecule has 112 valence electrons. The van der Waals surface area contributed by atoms with Crippen LogP contribution in [0.5, 0.6) is 0 Å². The highest BCUT2D eigenvalue weighted by molar-refractivity contribution is 5.76. The van der Waals surface area contributed by atoms with Gasteiger partial charge in [-0.3, -0.25) is 9.69 Å². The molecule has 0 bridgehead atoms. The molecular formula is C14H29N3O2. The van der Waals surface area contributed by atoms with Crippen molar-refractivity contribution in [3.8, 4) is 0 Å². The van der Waals surface area contributed by atoms with E-state index in [1.54, 1.807) is 4.90 Å². The van der Waals surface area contributed by atoms with Crippen molar-refractivity contribution in [2.45, 2.75) is 44.6 Å². The van der Waals surface area contributed by atoms with Crippen LogP contribution in [-0.4, -0.2) is 66.7 Å². The quantitative estimate of drug-likeness (QED) is 0.604. The molecule has 0 heterocycles. The van der Waals surface area contributed by atoms with Crippen LogP contribution in [0.1, 0.15) is 38.5 Å². The maximum absolute atomic E-state index is 12.0. The summed E-state index contributed by atoms with van der Waals surface area (Å²) < 4.78 is 0. The average molecular weight is 271 g/mol. The number of hydrogen-bond donors (Lipinski definition) is 2. The number of aliphatic hydroxyl groups is 1. The van der Waals surface area contributed by atoms with Gasteiger partial charge in [0.25, 0.3) is 0 Å². The Bertz CT molecular complexity index is 257. The van der Waals surface area contributed by atoms with Crippen LogP contribution in [0.4, 0.5) is 0 Å². The minimum Gasteiger partial charge on any atom is -0.396 e. The van der Waals surface area contributed by atoms with Gasteiger partial charge in [0, 0.05) is 45.8 Å². The van der Waals surface area contributed by atoms with Gasteiger partial charge in [0.15, 0.2) is 0 Å². The molecule has 1 rings (SSSR count). The fourth-order valence-electron chi connectivity index (χ4n) is 2.39. The van der Waals surface area contributed by atoms with Crippen LogP contribution in [0.25, 0.3) is 0 Å². The van der Waals surface area contributed by atoms with Crippen LogP contribution in [0.3, 0.4) is 0 Å². The molecule has 0 radical (unpaired) electrons. The highest BCUT2D eigenvalue weighted by atomic mass is 16.3. The van der Waals surface area contributed by atoms with Gasteiger partial charge in [0.2, 0.25) is 5.91 Å². The minimum absolute atomic E-state index is 0.196. The summed E-state index contributed by atoms with van der Waals surface area (Å²) in [5.74, 6) is 0.196. The highest BCUT2D eigenvalue weighted by Crippen LogP contribution is 2.25. The zero-order chi connectivity index (χ0) is 14.1. The van der Waals surface area contributed by atoms with E-state index in [0.29, 0.717) is 19.0 Å². The first-order valence-electron chi connectivity index (χ1n) is 7.48. The van der Waals surface area contributed by atoms with Crippen LogP contribution in [0.2, 0.25) is 0 Å². The van der Waals surface area contributed by atoms with E-state index in [9.17, 15) is 4.79 Å². The molecule has 1 aliphatic rings. The average Bonchev–Trinajstić information content (AvgIpc) is 2.36. The third-order valence-corrected chi connectivity index (χ3v) is 3.93. The zero-order valence-corrected chi connectivity index (χ0v) is 12.2. The fraction of sp³-hybridized carbons (Fsp3) is 0.929. The number of hydrogen-bond acceptors (Lipinski definition) is 4. The Morgan fingerprint density at radius 3 is 2.53 bits per heavy atom. The Morgan fingerprint density at radius 1 is 1.26 bits per heavy atom. The summed E-state index contributed by atoms with van der Waals surface area (Å²) in [4.78, 5) is 16.1. The summed E-state index contributed by atoms with van der Waals surface area (Å²) in [6.45, 7) is 3.32. The standard InChI is InChI=1S/C14H29N3O2/c1-16(9-3-8-15)14(19)7-11-17(10-4-12-18)13-5-2-6-13/h13,18H,2-12,15H2,1H3. The van der Waals surface area contributed by atoms with Crippen LogP contribution >= 0.6 is 0 Å². The molecule has 5 heteroatoms. The van der Waals surface area contributed by atoms with E-state index >= 15 is 0 Å². The summed E-state index contributed by atoms with van der Waals surface area (Å²) in [6.07, 6.45) is 6.01. The third kappa shape index (κ3) is 5.89. The molecule has 0 aromatic rings. The normalized spacial score (nSPS) is 15.6. The lowest BCUT2D eigenvalue weighted by Gasteiger charge is -2.37. The first kappa shape index (κ1) is 16.4. The molecule has 1 aliphatic carbocycles. The number of aliphatic hydroxyl groups excluding tert-OH is 1. The Balaban J connectivity index is 2.27. The van der Waals surface area contributed by atoms with E-state index in [-0.39, 0.29) is 12.5 Å². The van der Waals surface area contributed by atoms with E-state index in [0.717, 1.165) is 32.5 Å². The molecule has 0 saturated heterocycles. The maximum atomic E-state index is 12.0. The van der Waals surface area contributed by atoms with Crippen molar-refractivity contribution in [2.24, 2.45) is 5.73 Å². The van der Waals surface area contributed by atoms with Gasteiger partial charge in [-0.1, -0.05) is 6.42 Å².